The van der Waals surface area contributed by atoms with E-state index >= 15 is 0 Å². The van der Waals surface area contributed by atoms with Gasteiger partial charge in [0, 0.05) is 44.2 Å². The van der Waals surface area contributed by atoms with Gasteiger partial charge in [0.2, 0.25) is 5.95 Å². The Morgan fingerprint density at radius 2 is 1.27 bits per heavy atom. The lowest BCUT2D eigenvalue weighted by Crippen LogP contribution is -2.24. The summed E-state index contributed by atoms with van der Waals surface area (Å²) in [7, 11) is 0. The van der Waals surface area contributed by atoms with Crippen LogP contribution in [0.25, 0.3) is 83.6 Å². The molecule has 0 radical (unpaired) electrons. The van der Waals surface area contributed by atoms with Gasteiger partial charge in [-0.25, -0.2) is 15.0 Å². The summed E-state index contributed by atoms with van der Waals surface area (Å²) < 4.78 is 2.24. The molecule has 9 aromatic rings. The van der Waals surface area contributed by atoms with Gasteiger partial charge in [-0.3, -0.25) is 4.57 Å². The van der Waals surface area contributed by atoms with E-state index < -0.39 is 0 Å². The molecule has 0 bridgehead atoms. The Morgan fingerprint density at radius 1 is 0.554 bits per heavy atom. The molecule has 2 aliphatic carbocycles. The molecule has 0 N–H and O–H groups in total. The van der Waals surface area contributed by atoms with E-state index in [0.29, 0.717) is 11.9 Å². The maximum absolute atomic E-state index is 5.41. The van der Waals surface area contributed by atoms with Crippen LogP contribution >= 0.6 is 0 Å². The molecule has 4 heteroatoms. The van der Waals surface area contributed by atoms with Gasteiger partial charge in [0.1, 0.15) is 0 Å². The topological polar surface area (TPSA) is 43.6 Å². The van der Waals surface area contributed by atoms with Crippen molar-refractivity contribution in [3.63, 3.8) is 0 Å². The van der Waals surface area contributed by atoms with Gasteiger partial charge in [-0.05, 0) is 76.7 Å². The summed E-state index contributed by atoms with van der Waals surface area (Å²) in [6.45, 7) is 4.61. The third kappa shape index (κ3) is 5.10. The third-order valence-electron chi connectivity index (χ3n) is 11.9. The molecule has 0 amide bonds. The number of hydrogen-bond acceptors (Lipinski definition) is 3. The van der Waals surface area contributed by atoms with Crippen LogP contribution in [0.1, 0.15) is 42.9 Å². The van der Waals surface area contributed by atoms with Crippen molar-refractivity contribution in [1.82, 2.24) is 19.5 Å². The smallest absolute Gasteiger partial charge is 0.235 e. The molecule has 4 nitrogen and oxygen atoms in total. The number of allylic oxidation sites excluding steroid dienone is 4. The van der Waals surface area contributed by atoms with Gasteiger partial charge in [0.15, 0.2) is 0 Å². The zero-order chi connectivity index (χ0) is 37.4. The first-order valence-corrected chi connectivity index (χ1v) is 19.5. The zero-order valence-electron chi connectivity index (χ0n) is 31.3. The lowest BCUT2D eigenvalue weighted by Gasteiger charge is -2.34. The van der Waals surface area contributed by atoms with E-state index in [4.69, 9.17) is 15.0 Å². The number of aromatic nitrogens is 4. The molecule has 0 saturated carbocycles. The van der Waals surface area contributed by atoms with Crippen LogP contribution in [0, 0.1) is 0 Å². The van der Waals surface area contributed by atoms with Crippen LogP contribution < -0.4 is 0 Å². The molecule has 6 aromatic carbocycles. The minimum absolute atomic E-state index is 0.151. The van der Waals surface area contributed by atoms with Gasteiger partial charge in [-0.15, -0.1) is 0 Å². The van der Waals surface area contributed by atoms with Crippen LogP contribution in [0.3, 0.4) is 0 Å². The van der Waals surface area contributed by atoms with Crippen molar-refractivity contribution in [2.45, 2.75) is 31.6 Å². The molecule has 56 heavy (non-hydrogen) atoms. The van der Waals surface area contributed by atoms with Crippen LogP contribution in [0.2, 0.25) is 0 Å². The Labute approximate surface area is 326 Å². The highest BCUT2D eigenvalue weighted by atomic mass is 15.2. The first-order valence-electron chi connectivity index (χ1n) is 19.5. The molecule has 2 aliphatic rings. The molecule has 0 fully saturated rings. The van der Waals surface area contributed by atoms with Crippen molar-refractivity contribution < 1.29 is 0 Å². The monoisotopic (exact) mass is 718 g/mol. The van der Waals surface area contributed by atoms with Crippen molar-refractivity contribution in [3.8, 4) is 50.8 Å². The minimum atomic E-state index is -0.151. The third-order valence-corrected chi connectivity index (χ3v) is 11.9. The molecular weight excluding hydrogens is 681 g/mol. The Morgan fingerprint density at radius 3 is 2.14 bits per heavy atom. The first-order chi connectivity index (χ1) is 27.5. The molecule has 11 rings (SSSR count). The largest absolute Gasteiger partial charge is 0.278 e. The van der Waals surface area contributed by atoms with Gasteiger partial charge in [-0.1, -0.05) is 147 Å². The number of hydrogen-bond donors (Lipinski definition) is 0. The van der Waals surface area contributed by atoms with E-state index in [1.807, 2.05) is 0 Å². The van der Waals surface area contributed by atoms with Crippen LogP contribution in [-0.2, 0) is 5.41 Å². The fourth-order valence-electron chi connectivity index (χ4n) is 9.09. The fourth-order valence-corrected chi connectivity index (χ4v) is 9.09. The molecule has 0 aliphatic heterocycles. The number of para-hydroxylation sites is 1. The second kappa shape index (κ2) is 12.6. The highest BCUT2D eigenvalue weighted by Crippen LogP contribution is 2.48. The zero-order valence-corrected chi connectivity index (χ0v) is 31.3. The van der Waals surface area contributed by atoms with E-state index in [0.717, 1.165) is 67.7 Å². The SMILES string of the molecule is CC1(C)c2ccccc2-c2nc(-n3c4ccccc4c4cc(-c5cccc(-c6cc(C7C=CC=CC7)cc(-c7ccccc7)n6)c5)ccc43)nc3cccc1c23. The highest BCUT2D eigenvalue weighted by Gasteiger charge is 2.34. The lowest BCUT2D eigenvalue weighted by molar-refractivity contribution is 0.643. The van der Waals surface area contributed by atoms with E-state index in [1.54, 1.807) is 0 Å². The fraction of sp³-hybridized carbons (Fsp3) is 0.0962. The summed E-state index contributed by atoms with van der Waals surface area (Å²) in [5.74, 6) is 1.00. The molecule has 0 spiro atoms. The molecule has 266 valence electrons. The summed E-state index contributed by atoms with van der Waals surface area (Å²) in [5, 5.41) is 3.48. The highest BCUT2D eigenvalue weighted by molar-refractivity contribution is 6.10. The summed E-state index contributed by atoms with van der Waals surface area (Å²) >= 11 is 0. The van der Waals surface area contributed by atoms with Crippen molar-refractivity contribution in [2.75, 3.05) is 0 Å². The average Bonchev–Trinajstić information content (AvgIpc) is 3.59. The summed E-state index contributed by atoms with van der Waals surface area (Å²) in [4.78, 5) is 15.9. The van der Waals surface area contributed by atoms with Crippen LogP contribution in [0.4, 0.5) is 0 Å². The van der Waals surface area contributed by atoms with Crippen molar-refractivity contribution in [1.29, 1.82) is 0 Å². The van der Waals surface area contributed by atoms with Crippen LogP contribution in [-0.4, -0.2) is 19.5 Å². The lowest BCUT2D eigenvalue weighted by atomic mass is 9.70. The summed E-state index contributed by atoms with van der Waals surface area (Å²) in [6.07, 6.45) is 9.82. The summed E-state index contributed by atoms with van der Waals surface area (Å²) in [5.41, 5.74) is 15.5. The maximum atomic E-state index is 5.41. The van der Waals surface area contributed by atoms with Gasteiger partial charge in [0.25, 0.3) is 0 Å². The van der Waals surface area contributed by atoms with Gasteiger partial charge in [-0.2, -0.15) is 0 Å². The number of pyridine rings is 1. The van der Waals surface area contributed by atoms with Crippen LogP contribution in [0.15, 0.2) is 176 Å². The van der Waals surface area contributed by atoms with Crippen molar-refractivity contribution >= 4 is 32.7 Å². The van der Waals surface area contributed by atoms with Crippen molar-refractivity contribution in [2.24, 2.45) is 0 Å². The minimum Gasteiger partial charge on any atom is -0.278 e. The molecule has 1 unspecified atom stereocenters. The van der Waals surface area contributed by atoms with Crippen LogP contribution in [0.5, 0.6) is 0 Å². The average molecular weight is 719 g/mol. The van der Waals surface area contributed by atoms with Gasteiger partial charge < -0.3 is 0 Å². The Hall–Kier alpha value is -6.91. The number of nitrogens with zero attached hydrogens (tertiary/aromatic N) is 4. The number of rotatable bonds is 5. The number of benzene rings is 6. The molecule has 3 heterocycles. The maximum Gasteiger partial charge on any atom is 0.235 e. The quantitative estimate of drug-likeness (QED) is 0.178. The molecule has 3 aromatic heterocycles. The molecule has 1 atom stereocenters. The second-order valence-electron chi connectivity index (χ2n) is 15.6. The van der Waals surface area contributed by atoms with Crippen molar-refractivity contribution in [3.05, 3.63) is 193 Å². The predicted octanol–water partition coefficient (Wildman–Crippen LogP) is 13.0. The standard InChI is InChI=1S/C52H38N4/c1-52(2)42-23-11-9-22-40(42)50-49-43(52)24-14-25-44(49)54-51(55-50)56-47-26-12-10-21-39(47)41-30-36(27-28-48(41)56)35-19-13-20-37(29-35)46-32-38(33-15-5-3-6-16-33)31-45(53-46)34-17-7-4-8-18-34/h3-15,17-33H,16H2,1-2H3. The molecular formula is C52H38N4. The van der Waals surface area contributed by atoms with E-state index in [-0.39, 0.29) is 5.41 Å². The molecule has 0 saturated heterocycles. The van der Waals surface area contributed by atoms with E-state index in [2.05, 4.69) is 194 Å². The van der Waals surface area contributed by atoms with E-state index in [9.17, 15) is 0 Å². The Balaban J connectivity index is 1.05. The number of fused-ring (bicyclic) bond motifs is 5. The Bertz CT molecular complexity index is 3090. The van der Waals surface area contributed by atoms with Gasteiger partial charge in [0.05, 0.1) is 33.6 Å². The Kier molecular flexibility index (Phi) is 7.30. The summed E-state index contributed by atoms with van der Waals surface area (Å²) in [6, 6.07) is 54.5. The van der Waals surface area contributed by atoms with Gasteiger partial charge >= 0.3 is 0 Å². The normalized spacial score (nSPS) is 15.4. The first kappa shape index (κ1) is 32.5. The second-order valence-corrected chi connectivity index (χ2v) is 15.6. The van der Waals surface area contributed by atoms with E-state index in [1.165, 1.54) is 33.0 Å². The predicted molar refractivity (Wildman–Crippen MR) is 231 cm³/mol.